The van der Waals surface area contributed by atoms with E-state index in [-0.39, 0.29) is 30.4 Å². The van der Waals surface area contributed by atoms with E-state index in [0.717, 1.165) is 5.56 Å². The summed E-state index contributed by atoms with van der Waals surface area (Å²) >= 11 is 0. The van der Waals surface area contributed by atoms with Gasteiger partial charge in [0.2, 0.25) is 0 Å². The maximum absolute atomic E-state index is 14.6. The molecule has 144 valence electrons. The highest BCUT2D eigenvalue weighted by Gasteiger charge is 2.53. The molecule has 1 fully saturated rings. The molecule has 2 N–H and O–H groups in total. The SMILES string of the molecule is CC1(C)C(=N)NC(COCc2ccccc2)(c2ccccc2F)CS1(=O)=O. The van der Waals surface area contributed by atoms with E-state index < -0.39 is 25.9 Å². The van der Waals surface area contributed by atoms with E-state index >= 15 is 0 Å². The van der Waals surface area contributed by atoms with Crippen LogP contribution < -0.4 is 5.32 Å². The molecule has 1 unspecified atom stereocenters. The quantitative estimate of drug-likeness (QED) is 0.823. The molecule has 5 nitrogen and oxygen atoms in total. The summed E-state index contributed by atoms with van der Waals surface area (Å²) < 4.78 is 44.8. The molecule has 7 heteroatoms. The second-order valence-electron chi connectivity index (χ2n) is 7.31. The van der Waals surface area contributed by atoms with Gasteiger partial charge < -0.3 is 10.1 Å². The third-order valence-corrected chi connectivity index (χ3v) is 7.66. The molecular formula is C20H23FN2O3S. The van der Waals surface area contributed by atoms with Gasteiger partial charge in [-0.15, -0.1) is 0 Å². The van der Waals surface area contributed by atoms with E-state index in [1.54, 1.807) is 12.1 Å². The molecule has 2 aromatic rings. The fraction of sp³-hybridized carbons (Fsp3) is 0.350. The lowest BCUT2D eigenvalue weighted by atomic mass is 9.90. The standard InChI is InChI=1S/C20H23FN2O3S/c1-19(2)18(22)23-20(14-27(19,24)25,16-10-6-7-11-17(16)21)13-26-12-15-8-4-3-5-9-15/h3-11H,12-14H2,1-2H3,(H2,22,23). The fourth-order valence-corrected chi connectivity index (χ4v) is 4.84. The number of halogens is 1. The summed E-state index contributed by atoms with van der Waals surface area (Å²) in [6.45, 7) is 3.14. The van der Waals surface area contributed by atoms with E-state index in [0.29, 0.717) is 0 Å². The zero-order valence-electron chi connectivity index (χ0n) is 15.3. The van der Waals surface area contributed by atoms with Crippen molar-refractivity contribution in [3.05, 3.63) is 71.5 Å². The van der Waals surface area contributed by atoms with Gasteiger partial charge in [0.05, 0.1) is 19.0 Å². The van der Waals surface area contributed by atoms with E-state index in [9.17, 15) is 12.8 Å². The van der Waals surface area contributed by atoms with Gasteiger partial charge in [-0.2, -0.15) is 0 Å². The molecule has 3 rings (SSSR count). The van der Waals surface area contributed by atoms with Gasteiger partial charge >= 0.3 is 0 Å². The fourth-order valence-electron chi connectivity index (χ4n) is 3.15. The van der Waals surface area contributed by atoms with Crippen LogP contribution in [0.5, 0.6) is 0 Å². The minimum absolute atomic E-state index is 0.0828. The predicted molar refractivity (Wildman–Crippen MR) is 103 cm³/mol. The Balaban J connectivity index is 1.96. The van der Waals surface area contributed by atoms with Crippen molar-refractivity contribution >= 4 is 15.7 Å². The predicted octanol–water partition coefficient (Wildman–Crippen LogP) is 3.01. The van der Waals surface area contributed by atoms with E-state index in [2.05, 4.69) is 5.32 Å². The summed E-state index contributed by atoms with van der Waals surface area (Å²) in [5.41, 5.74) is -0.247. The zero-order valence-corrected chi connectivity index (χ0v) is 16.1. The van der Waals surface area contributed by atoms with Crippen LogP contribution in [0.15, 0.2) is 54.6 Å². The summed E-state index contributed by atoms with van der Waals surface area (Å²) in [6, 6.07) is 15.5. The number of hydrogen-bond acceptors (Lipinski definition) is 4. The molecule has 0 spiro atoms. The smallest absolute Gasteiger partial charge is 0.165 e. The van der Waals surface area contributed by atoms with E-state index in [1.807, 2.05) is 30.3 Å². The maximum Gasteiger partial charge on any atom is 0.165 e. The largest absolute Gasteiger partial charge is 0.374 e. The highest BCUT2D eigenvalue weighted by atomic mass is 32.2. The Morgan fingerprint density at radius 2 is 1.74 bits per heavy atom. The van der Waals surface area contributed by atoms with Crippen LogP contribution in [0.25, 0.3) is 0 Å². The van der Waals surface area contributed by atoms with Crippen LogP contribution >= 0.6 is 0 Å². The second kappa shape index (κ2) is 7.05. The first-order chi connectivity index (χ1) is 12.7. The zero-order chi connectivity index (χ0) is 19.7. The molecule has 1 saturated heterocycles. The van der Waals surface area contributed by atoms with Crippen molar-refractivity contribution in [2.24, 2.45) is 0 Å². The average Bonchev–Trinajstić information content (AvgIpc) is 2.61. The van der Waals surface area contributed by atoms with Crippen molar-refractivity contribution < 1.29 is 17.5 Å². The van der Waals surface area contributed by atoms with Crippen molar-refractivity contribution in [1.82, 2.24) is 5.32 Å². The topological polar surface area (TPSA) is 79.2 Å². The molecule has 1 aliphatic heterocycles. The van der Waals surface area contributed by atoms with Gasteiger partial charge in [0.15, 0.2) is 9.84 Å². The van der Waals surface area contributed by atoms with Crippen LogP contribution in [0, 0.1) is 11.2 Å². The number of nitrogens with one attached hydrogen (secondary N) is 2. The number of hydrogen-bond donors (Lipinski definition) is 2. The lowest BCUT2D eigenvalue weighted by Gasteiger charge is -2.45. The second-order valence-corrected chi connectivity index (χ2v) is 9.85. The Hall–Kier alpha value is -2.25. The molecule has 1 aliphatic rings. The number of benzene rings is 2. The molecule has 0 aliphatic carbocycles. The monoisotopic (exact) mass is 390 g/mol. The van der Waals surface area contributed by atoms with E-state index in [1.165, 1.54) is 26.0 Å². The van der Waals surface area contributed by atoms with Crippen molar-refractivity contribution in [3.63, 3.8) is 0 Å². The third-order valence-electron chi connectivity index (χ3n) is 5.03. The Morgan fingerprint density at radius 1 is 1.11 bits per heavy atom. The van der Waals surface area contributed by atoms with Crippen LogP contribution in [-0.4, -0.2) is 31.4 Å². The lowest BCUT2D eigenvalue weighted by Crippen LogP contribution is -2.66. The highest BCUT2D eigenvalue weighted by Crippen LogP contribution is 2.35. The minimum Gasteiger partial charge on any atom is -0.374 e. The van der Waals surface area contributed by atoms with Gasteiger partial charge in [0, 0.05) is 5.56 Å². The summed E-state index contributed by atoms with van der Waals surface area (Å²) in [5, 5.41) is 11.2. The van der Waals surface area contributed by atoms with Crippen LogP contribution in [0.2, 0.25) is 0 Å². The Morgan fingerprint density at radius 3 is 2.37 bits per heavy atom. The number of sulfone groups is 1. The van der Waals surface area contributed by atoms with Gasteiger partial charge in [-0.1, -0.05) is 48.5 Å². The first-order valence-corrected chi connectivity index (χ1v) is 10.3. The van der Waals surface area contributed by atoms with Gasteiger partial charge in [-0.3, -0.25) is 5.41 Å². The Kier molecular flexibility index (Phi) is 5.10. The molecule has 0 bridgehead atoms. The van der Waals surface area contributed by atoms with Gasteiger partial charge in [0.25, 0.3) is 0 Å². The number of rotatable bonds is 5. The molecule has 0 saturated carbocycles. The first kappa shape index (κ1) is 19.5. The van der Waals surface area contributed by atoms with E-state index in [4.69, 9.17) is 10.1 Å². The molecule has 27 heavy (non-hydrogen) atoms. The van der Waals surface area contributed by atoms with Gasteiger partial charge in [0.1, 0.15) is 21.9 Å². The maximum atomic E-state index is 14.6. The molecule has 0 amide bonds. The van der Waals surface area contributed by atoms with Crippen molar-refractivity contribution in [2.75, 3.05) is 12.4 Å². The summed E-state index contributed by atoms with van der Waals surface area (Å²) in [5.74, 6) is -1.05. The van der Waals surface area contributed by atoms with Crippen LogP contribution in [0.3, 0.4) is 0 Å². The molecule has 1 heterocycles. The summed E-state index contributed by atoms with van der Waals surface area (Å²) in [6.07, 6.45) is 0. The number of amidine groups is 1. The minimum atomic E-state index is -3.71. The van der Waals surface area contributed by atoms with Crippen LogP contribution in [0.1, 0.15) is 25.0 Å². The average molecular weight is 390 g/mol. The van der Waals surface area contributed by atoms with Crippen LogP contribution in [0.4, 0.5) is 4.39 Å². The molecule has 0 aromatic heterocycles. The van der Waals surface area contributed by atoms with Gasteiger partial charge in [-0.25, -0.2) is 12.8 Å². The molecule has 2 aromatic carbocycles. The number of ether oxygens (including phenoxy) is 1. The van der Waals surface area contributed by atoms with Crippen molar-refractivity contribution in [1.29, 1.82) is 5.41 Å². The Labute approximate surface area is 159 Å². The van der Waals surface area contributed by atoms with Crippen molar-refractivity contribution in [2.45, 2.75) is 30.7 Å². The van der Waals surface area contributed by atoms with Gasteiger partial charge in [-0.05, 0) is 25.5 Å². The molecule has 0 radical (unpaired) electrons. The lowest BCUT2D eigenvalue weighted by molar-refractivity contribution is 0.0689. The Bertz CT molecular complexity index is 945. The summed E-state index contributed by atoms with van der Waals surface area (Å²) in [4.78, 5) is 0. The highest BCUT2D eigenvalue weighted by molar-refractivity contribution is 7.93. The van der Waals surface area contributed by atoms with Crippen LogP contribution in [-0.2, 0) is 26.7 Å². The summed E-state index contributed by atoms with van der Waals surface area (Å²) in [7, 11) is -3.71. The molecular weight excluding hydrogens is 367 g/mol. The van der Waals surface area contributed by atoms with Crippen molar-refractivity contribution in [3.8, 4) is 0 Å². The first-order valence-electron chi connectivity index (χ1n) is 8.64. The third kappa shape index (κ3) is 3.61. The normalized spacial score (nSPS) is 23.6. The molecule has 1 atom stereocenters.